The minimum Gasteiger partial charge on any atom is -0.478 e. The SMILES string of the molecule is CN(C(=O)Nc1sccc1C(=O)O)c1ccccc1. The van der Waals surface area contributed by atoms with E-state index in [0.29, 0.717) is 5.00 Å². The minimum atomic E-state index is -1.06. The first-order valence-corrected chi connectivity index (χ1v) is 6.38. The van der Waals surface area contributed by atoms with E-state index in [1.165, 1.54) is 22.3 Å². The molecule has 1 aromatic carbocycles. The van der Waals surface area contributed by atoms with Crippen molar-refractivity contribution in [3.8, 4) is 0 Å². The van der Waals surface area contributed by atoms with Crippen LogP contribution < -0.4 is 10.2 Å². The monoisotopic (exact) mass is 276 g/mol. The average Bonchev–Trinajstić information content (AvgIpc) is 2.87. The van der Waals surface area contributed by atoms with E-state index in [1.54, 1.807) is 24.6 Å². The fourth-order valence-electron chi connectivity index (χ4n) is 1.52. The third kappa shape index (κ3) is 2.92. The Morgan fingerprint density at radius 1 is 1.21 bits per heavy atom. The number of nitrogens with zero attached hydrogens (tertiary/aromatic N) is 1. The molecule has 0 aliphatic carbocycles. The molecule has 98 valence electrons. The Labute approximate surface area is 114 Å². The van der Waals surface area contributed by atoms with Gasteiger partial charge in [-0.05, 0) is 23.6 Å². The number of hydrogen-bond donors (Lipinski definition) is 2. The molecule has 5 nitrogen and oxygen atoms in total. The molecule has 1 heterocycles. The first-order valence-electron chi connectivity index (χ1n) is 5.50. The van der Waals surface area contributed by atoms with E-state index in [2.05, 4.69) is 5.32 Å². The Bertz CT molecular complexity index is 595. The van der Waals surface area contributed by atoms with Crippen LogP contribution in [0.15, 0.2) is 41.8 Å². The number of carboxylic acid groups (broad SMARTS) is 1. The molecule has 19 heavy (non-hydrogen) atoms. The quantitative estimate of drug-likeness (QED) is 0.905. The van der Waals surface area contributed by atoms with Crippen LogP contribution in [0.25, 0.3) is 0 Å². The van der Waals surface area contributed by atoms with Crippen molar-refractivity contribution in [2.24, 2.45) is 0 Å². The fourth-order valence-corrected chi connectivity index (χ4v) is 2.29. The number of hydrogen-bond acceptors (Lipinski definition) is 3. The summed E-state index contributed by atoms with van der Waals surface area (Å²) in [4.78, 5) is 24.4. The van der Waals surface area contributed by atoms with Crippen LogP contribution in [0.5, 0.6) is 0 Å². The first kappa shape index (κ1) is 13.1. The molecule has 0 unspecified atom stereocenters. The molecular formula is C13H12N2O3S. The van der Waals surface area contributed by atoms with Gasteiger partial charge >= 0.3 is 12.0 Å². The maximum absolute atomic E-state index is 12.0. The van der Waals surface area contributed by atoms with Crippen molar-refractivity contribution in [1.82, 2.24) is 0 Å². The number of anilines is 2. The Hall–Kier alpha value is -2.34. The molecule has 2 N–H and O–H groups in total. The summed E-state index contributed by atoms with van der Waals surface area (Å²) < 4.78 is 0. The Balaban J connectivity index is 2.13. The van der Waals surface area contributed by atoms with Gasteiger partial charge in [0.1, 0.15) is 5.00 Å². The molecule has 0 saturated heterocycles. The largest absolute Gasteiger partial charge is 0.478 e. The molecule has 0 radical (unpaired) electrons. The van der Waals surface area contributed by atoms with Crippen LogP contribution in [0.4, 0.5) is 15.5 Å². The number of aromatic carboxylic acids is 1. The predicted octanol–water partition coefficient (Wildman–Crippen LogP) is 3.11. The zero-order valence-corrected chi connectivity index (χ0v) is 11.0. The van der Waals surface area contributed by atoms with E-state index in [9.17, 15) is 9.59 Å². The lowest BCUT2D eigenvalue weighted by molar-refractivity contribution is 0.0698. The zero-order valence-electron chi connectivity index (χ0n) is 10.2. The molecule has 0 bridgehead atoms. The number of benzene rings is 1. The predicted molar refractivity (Wildman–Crippen MR) is 75.1 cm³/mol. The number of amides is 2. The van der Waals surface area contributed by atoms with E-state index in [-0.39, 0.29) is 11.6 Å². The Kier molecular flexibility index (Phi) is 3.82. The van der Waals surface area contributed by atoms with E-state index in [4.69, 9.17) is 5.11 Å². The zero-order chi connectivity index (χ0) is 13.8. The maximum Gasteiger partial charge on any atom is 0.338 e. The summed E-state index contributed by atoms with van der Waals surface area (Å²) in [5.41, 5.74) is 0.827. The molecular weight excluding hydrogens is 264 g/mol. The number of thiophene rings is 1. The molecule has 0 aliphatic heterocycles. The van der Waals surface area contributed by atoms with Crippen molar-refractivity contribution in [2.75, 3.05) is 17.3 Å². The second kappa shape index (κ2) is 5.53. The van der Waals surface area contributed by atoms with Gasteiger partial charge in [-0.15, -0.1) is 11.3 Å². The number of para-hydroxylation sites is 1. The van der Waals surface area contributed by atoms with Crippen LogP contribution in [-0.2, 0) is 0 Å². The third-order valence-electron chi connectivity index (χ3n) is 2.56. The minimum absolute atomic E-state index is 0.0970. The van der Waals surface area contributed by atoms with Crippen LogP contribution in [0.2, 0.25) is 0 Å². The maximum atomic E-state index is 12.0. The van der Waals surface area contributed by atoms with Crippen LogP contribution in [-0.4, -0.2) is 24.2 Å². The Morgan fingerprint density at radius 2 is 1.89 bits per heavy atom. The van der Waals surface area contributed by atoms with Crippen molar-refractivity contribution in [3.05, 3.63) is 47.3 Å². The number of rotatable bonds is 3. The molecule has 0 fully saturated rings. The lowest BCUT2D eigenvalue weighted by Crippen LogP contribution is -2.31. The summed E-state index contributed by atoms with van der Waals surface area (Å²) in [6.07, 6.45) is 0. The second-order valence-corrected chi connectivity index (χ2v) is 4.71. The van der Waals surface area contributed by atoms with Crippen molar-refractivity contribution < 1.29 is 14.7 Å². The molecule has 0 atom stereocenters. The first-order chi connectivity index (χ1) is 9.09. The van der Waals surface area contributed by atoms with E-state index < -0.39 is 5.97 Å². The molecule has 0 aliphatic rings. The van der Waals surface area contributed by atoms with Gasteiger partial charge in [-0.3, -0.25) is 10.2 Å². The van der Waals surface area contributed by atoms with Crippen molar-refractivity contribution in [1.29, 1.82) is 0 Å². The highest BCUT2D eigenvalue weighted by Crippen LogP contribution is 2.24. The van der Waals surface area contributed by atoms with Crippen LogP contribution in [0, 0.1) is 0 Å². The molecule has 2 amide bonds. The van der Waals surface area contributed by atoms with E-state index in [0.717, 1.165) is 5.69 Å². The summed E-state index contributed by atoms with van der Waals surface area (Å²) in [6, 6.07) is 10.2. The van der Waals surface area contributed by atoms with Gasteiger partial charge in [0, 0.05) is 12.7 Å². The van der Waals surface area contributed by atoms with E-state index in [1.807, 2.05) is 18.2 Å². The normalized spacial score (nSPS) is 9.95. The molecule has 6 heteroatoms. The highest BCUT2D eigenvalue weighted by molar-refractivity contribution is 7.14. The van der Waals surface area contributed by atoms with E-state index >= 15 is 0 Å². The van der Waals surface area contributed by atoms with Gasteiger partial charge in [0.05, 0.1) is 5.56 Å². The molecule has 0 saturated carbocycles. The van der Waals surface area contributed by atoms with Crippen LogP contribution >= 0.6 is 11.3 Å². The van der Waals surface area contributed by atoms with Gasteiger partial charge in [0.25, 0.3) is 0 Å². The third-order valence-corrected chi connectivity index (χ3v) is 3.39. The lowest BCUT2D eigenvalue weighted by Gasteiger charge is -2.17. The van der Waals surface area contributed by atoms with Gasteiger partial charge in [-0.2, -0.15) is 0 Å². The van der Waals surface area contributed by atoms with Crippen LogP contribution in [0.3, 0.4) is 0 Å². The fraction of sp³-hybridized carbons (Fsp3) is 0.0769. The van der Waals surface area contributed by atoms with Gasteiger partial charge in [-0.1, -0.05) is 18.2 Å². The summed E-state index contributed by atoms with van der Waals surface area (Å²) >= 11 is 1.18. The average molecular weight is 276 g/mol. The van der Waals surface area contributed by atoms with Gasteiger partial charge in [-0.25, -0.2) is 9.59 Å². The summed E-state index contributed by atoms with van der Waals surface area (Å²) in [5.74, 6) is -1.06. The molecule has 0 spiro atoms. The Morgan fingerprint density at radius 3 is 2.53 bits per heavy atom. The molecule has 2 aromatic rings. The van der Waals surface area contributed by atoms with Gasteiger partial charge in [0.15, 0.2) is 0 Å². The van der Waals surface area contributed by atoms with Crippen molar-refractivity contribution in [3.63, 3.8) is 0 Å². The number of carboxylic acids is 1. The topological polar surface area (TPSA) is 69.6 Å². The smallest absolute Gasteiger partial charge is 0.338 e. The van der Waals surface area contributed by atoms with Gasteiger partial charge < -0.3 is 5.11 Å². The molecule has 1 aromatic heterocycles. The number of urea groups is 1. The van der Waals surface area contributed by atoms with Gasteiger partial charge in [0.2, 0.25) is 0 Å². The van der Waals surface area contributed by atoms with Crippen molar-refractivity contribution >= 4 is 34.0 Å². The lowest BCUT2D eigenvalue weighted by atomic mass is 10.3. The summed E-state index contributed by atoms with van der Waals surface area (Å²) in [7, 11) is 1.62. The number of nitrogens with one attached hydrogen (secondary N) is 1. The molecule has 2 rings (SSSR count). The second-order valence-electron chi connectivity index (χ2n) is 3.79. The highest BCUT2D eigenvalue weighted by atomic mass is 32.1. The number of carbonyl (C=O) groups is 2. The van der Waals surface area contributed by atoms with Crippen LogP contribution in [0.1, 0.15) is 10.4 Å². The van der Waals surface area contributed by atoms with Crippen molar-refractivity contribution in [2.45, 2.75) is 0 Å². The summed E-state index contributed by atoms with van der Waals surface area (Å²) in [5, 5.41) is 13.5. The highest BCUT2D eigenvalue weighted by Gasteiger charge is 2.16. The standard InChI is InChI=1S/C13H12N2O3S/c1-15(9-5-3-2-4-6-9)13(18)14-11-10(12(16)17)7-8-19-11/h2-8H,1H3,(H,14,18)(H,16,17). The number of carbonyl (C=O) groups excluding carboxylic acids is 1. The summed E-state index contributed by atoms with van der Waals surface area (Å²) in [6.45, 7) is 0.